The number of rotatable bonds is 14. The minimum atomic E-state index is -6.15. The smallest absolute Gasteiger partial charge is 0.487 e. The van der Waals surface area contributed by atoms with Gasteiger partial charge in [0.25, 0.3) is 0 Å². The molecular weight excluding hydrogens is 1040 g/mol. The van der Waals surface area contributed by atoms with Gasteiger partial charge < -0.3 is 9.47 Å². The molecule has 0 spiro atoms. The van der Waals surface area contributed by atoms with Crippen molar-refractivity contribution >= 4 is 86.0 Å². The maximum atomic E-state index is 14.8. The van der Waals surface area contributed by atoms with E-state index in [2.05, 4.69) is 0 Å². The zero-order valence-corrected chi connectivity index (χ0v) is 41.2. The maximum absolute atomic E-state index is 14.8. The van der Waals surface area contributed by atoms with Crippen LogP contribution >= 0.6 is 0 Å². The standard InChI is InChI=1S/C44H36F8N10O8S2Si/c1-21-7-11-25-29(15-21)35-53-33(25)56-40-32-18-24(68-20-44(51,52)42(47)48)10-14-28(32)38-58-36-30-17-23(67-19-43(49,50)41(45)46)9-13-26(30)34(54-36)55-39-31-16-22(2)8-12-27(31)37(57-35)61(39)73(62(38)40,69-71(63,64)59(3)4)70-72(65,66)60(5)6/h7-18,41-42H,19-20H2,1-6H3. The quantitative estimate of drug-likeness (QED) is 0.0909. The van der Waals surface area contributed by atoms with Gasteiger partial charge in [-0.15, -0.1) is 0 Å². The summed E-state index contributed by atoms with van der Waals surface area (Å²) >= 11 is 0. The summed E-state index contributed by atoms with van der Waals surface area (Å²) in [6, 6.07) is 17.1. The van der Waals surface area contributed by atoms with Crippen LogP contribution in [0.15, 0.2) is 103 Å². The van der Waals surface area contributed by atoms with Gasteiger partial charge in [-0.05, 0) is 62.4 Å². The van der Waals surface area contributed by atoms with Crippen LogP contribution in [0, 0.1) is 13.8 Å². The van der Waals surface area contributed by atoms with Crippen LogP contribution in [0.4, 0.5) is 46.8 Å². The van der Waals surface area contributed by atoms with E-state index in [1.54, 1.807) is 50.2 Å². The fourth-order valence-corrected chi connectivity index (χ4v) is 15.0. The molecule has 10 rings (SSSR count). The summed E-state index contributed by atoms with van der Waals surface area (Å²) in [5.41, 5.74) is 1.63. The highest BCUT2D eigenvalue weighted by Crippen LogP contribution is 2.46. The number of benzene rings is 4. The number of nitrogens with zero attached hydrogens (tertiary/aromatic N) is 10. The Morgan fingerprint density at radius 2 is 0.959 bits per heavy atom. The Hall–Kier alpha value is -6.76. The lowest BCUT2D eigenvalue weighted by Gasteiger charge is -2.33. The average molecular weight is 1080 g/mol. The number of aromatic nitrogens is 2. The highest BCUT2D eigenvalue weighted by Gasteiger charge is 2.60. The molecule has 73 heavy (non-hydrogen) atoms. The molecule has 0 aliphatic carbocycles. The third kappa shape index (κ3) is 8.30. The molecule has 0 saturated heterocycles. The molecule has 0 saturated carbocycles. The summed E-state index contributed by atoms with van der Waals surface area (Å²) < 4.78 is 196. The zero-order valence-electron chi connectivity index (χ0n) is 38.6. The highest BCUT2D eigenvalue weighted by atomic mass is 32.2. The second-order valence-corrected chi connectivity index (χ2v) is 23.8. The van der Waals surface area contributed by atoms with Crippen LogP contribution in [-0.2, 0) is 28.4 Å². The van der Waals surface area contributed by atoms with Gasteiger partial charge in [0.15, 0.2) is 36.6 Å². The third-order valence-electron chi connectivity index (χ3n) is 11.8. The van der Waals surface area contributed by atoms with E-state index in [9.17, 15) is 52.0 Å². The van der Waals surface area contributed by atoms with Gasteiger partial charge in [-0.1, -0.05) is 35.4 Å². The molecule has 4 aromatic carbocycles. The second-order valence-electron chi connectivity index (χ2n) is 17.3. The molecule has 29 heteroatoms. The normalized spacial score (nSPS) is 16.0. The first kappa shape index (κ1) is 49.8. The van der Waals surface area contributed by atoms with E-state index in [0.717, 1.165) is 60.4 Å². The molecular formula is C44H36F8N10O8S2Si. The fraction of sp³-hybridized carbons (Fsp3) is 0.273. The minimum Gasteiger partial charge on any atom is -0.487 e. The monoisotopic (exact) mass is 1080 g/mol. The molecule has 6 bridgehead atoms. The minimum absolute atomic E-state index is 0.0252. The molecule has 18 nitrogen and oxygen atoms in total. The van der Waals surface area contributed by atoms with Gasteiger partial charge in [0, 0.05) is 72.0 Å². The van der Waals surface area contributed by atoms with Crippen LogP contribution in [0.3, 0.4) is 0 Å². The van der Waals surface area contributed by atoms with Crippen molar-refractivity contribution in [3.63, 3.8) is 0 Å². The Balaban J connectivity index is 1.45. The van der Waals surface area contributed by atoms with Gasteiger partial charge >= 0.3 is 54.2 Å². The van der Waals surface area contributed by atoms with Gasteiger partial charge in [0.1, 0.15) is 34.1 Å². The van der Waals surface area contributed by atoms with Crippen molar-refractivity contribution in [3.05, 3.63) is 117 Å². The van der Waals surface area contributed by atoms with Crippen molar-refractivity contribution in [2.24, 2.45) is 30.0 Å². The van der Waals surface area contributed by atoms with Crippen molar-refractivity contribution in [1.29, 1.82) is 0 Å². The summed E-state index contributed by atoms with van der Waals surface area (Å²) in [6.45, 7) is -0.0605. The number of halogens is 8. The van der Waals surface area contributed by atoms with Crippen molar-refractivity contribution in [3.8, 4) is 11.5 Å². The molecule has 0 atom stereocenters. The first-order valence-electron chi connectivity index (χ1n) is 21.4. The Bertz CT molecular complexity index is 3840. The van der Waals surface area contributed by atoms with Gasteiger partial charge in [-0.3, -0.25) is 8.47 Å². The maximum Gasteiger partial charge on any atom is 0.634 e. The summed E-state index contributed by atoms with van der Waals surface area (Å²) in [7, 11) is -12.3. The molecule has 0 N–H and O–H groups in total. The van der Waals surface area contributed by atoms with E-state index in [1.165, 1.54) is 18.2 Å². The SMILES string of the molecule is Cc1ccc2c(c1)C1=NC2=Nc2c3cc(OCC(F)(F)C(F)F)ccc3c3n2[Si](OS(=O)(=O)N(C)C)(OS(=O)(=O)N(C)C)n2c(c4ccc(C)cc4c2=NC2=NC(=N3)c3cc(OCC(F)(F)C(F)F)ccc32)=N1. The lowest BCUT2D eigenvalue weighted by Crippen LogP contribution is -2.66. The third-order valence-corrected chi connectivity index (χ3v) is 19.0. The van der Waals surface area contributed by atoms with Gasteiger partial charge in [0.05, 0.1) is 0 Å². The van der Waals surface area contributed by atoms with Crippen LogP contribution in [-0.4, -0.2) is 132 Å². The number of amidine groups is 4. The van der Waals surface area contributed by atoms with Crippen LogP contribution in [0.5, 0.6) is 11.5 Å². The Morgan fingerprint density at radius 1 is 0.521 bits per heavy atom. The number of hydrogen-bond donors (Lipinski definition) is 0. The van der Waals surface area contributed by atoms with Crippen molar-refractivity contribution in [1.82, 2.24) is 17.1 Å². The largest absolute Gasteiger partial charge is 0.634 e. The second kappa shape index (κ2) is 17.2. The summed E-state index contributed by atoms with van der Waals surface area (Å²) in [6.07, 6.45) is -8.22. The average Bonchev–Trinajstić information content (AvgIpc) is 4.01. The lowest BCUT2D eigenvalue weighted by molar-refractivity contribution is -0.148. The van der Waals surface area contributed by atoms with Crippen molar-refractivity contribution in [2.75, 3.05) is 41.4 Å². The lowest BCUT2D eigenvalue weighted by atomic mass is 10.1. The molecule has 0 fully saturated rings. The van der Waals surface area contributed by atoms with E-state index < -0.39 is 84.8 Å². The van der Waals surface area contributed by atoms with E-state index >= 15 is 0 Å². The number of ether oxygens (including phenoxy) is 2. The van der Waals surface area contributed by atoms with Crippen LogP contribution in [0.1, 0.15) is 33.4 Å². The van der Waals surface area contributed by atoms with Gasteiger partial charge in [-0.2, -0.15) is 43.0 Å². The van der Waals surface area contributed by atoms with E-state index in [1.807, 2.05) is 0 Å². The molecule has 0 radical (unpaired) electrons. The molecule has 0 amide bonds. The van der Waals surface area contributed by atoms with Crippen LogP contribution in [0.25, 0.3) is 21.5 Å². The molecule has 382 valence electrons. The number of hydrogen-bond acceptors (Lipinski definition) is 14. The zero-order chi connectivity index (χ0) is 52.5. The molecule has 0 unspecified atom stereocenters. The van der Waals surface area contributed by atoms with E-state index in [4.69, 9.17) is 47.2 Å². The van der Waals surface area contributed by atoms with E-state index in [0.29, 0.717) is 25.3 Å². The molecule has 4 aliphatic rings. The molecule has 4 aliphatic heterocycles. The first-order chi connectivity index (χ1) is 34.2. The van der Waals surface area contributed by atoms with Crippen LogP contribution < -0.4 is 20.4 Å². The first-order valence-corrected chi connectivity index (χ1v) is 25.9. The molecule has 2 aromatic heterocycles. The van der Waals surface area contributed by atoms with Crippen LogP contribution in [0.2, 0.25) is 0 Å². The number of aliphatic imine (C=N–C) groups is 4. The Kier molecular flexibility index (Phi) is 11.7. The number of aryl methyl sites for hydroxylation is 2. The number of alkyl halides is 8. The summed E-state index contributed by atoms with van der Waals surface area (Å²) in [5, 5.41) is 0.0572. The van der Waals surface area contributed by atoms with Gasteiger partial charge in [0.2, 0.25) is 0 Å². The Morgan fingerprint density at radius 3 is 1.53 bits per heavy atom. The summed E-state index contributed by atoms with van der Waals surface area (Å²) in [5.74, 6) is -11.7. The van der Waals surface area contributed by atoms with Crippen molar-refractivity contribution in [2.45, 2.75) is 38.5 Å². The fourth-order valence-electron chi connectivity index (χ4n) is 8.08. The highest BCUT2D eigenvalue weighted by molar-refractivity contribution is 7.87. The van der Waals surface area contributed by atoms with Gasteiger partial charge in [-0.25, -0.2) is 55.3 Å². The van der Waals surface area contributed by atoms with E-state index in [-0.39, 0.29) is 72.7 Å². The number of fused-ring (bicyclic) bond motifs is 14. The Labute approximate surface area is 409 Å². The molecule has 6 aromatic rings. The predicted molar refractivity (Wildman–Crippen MR) is 251 cm³/mol. The van der Waals surface area contributed by atoms with Crippen molar-refractivity contribution < 1.29 is 69.2 Å². The predicted octanol–water partition coefficient (Wildman–Crippen LogP) is 6.19. The summed E-state index contributed by atoms with van der Waals surface area (Å²) in [4.78, 5) is 29.4. The topological polar surface area (TPSA) is 196 Å². The molecule has 6 heterocycles.